The Morgan fingerprint density at radius 1 is 1.07 bits per heavy atom. The van der Waals surface area contributed by atoms with Crippen LogP contribution in [0.1, 0.15) is 42.1 Å². The summed E-state index contributed by atoms with van der Waals surface area (Å²) in [5.74, 6) is -6.27. The number of alkyl halides is 2. The van der Waals surface area contributed by atoms with E-state index in [9.17, 15) is 18.4 Å². The number of carbonyl (C=O) groups excluding carboxylic acids is 2. The van der Waals surface area contributed by atoms with Gasteiger partial charge in [0.1, 0.15) is 6.61 Å². The van der Waals surface area contributed by atoms with Crippen LogP contribution in [0.3, 0.4) is 0 Å². The first-order valence-electron chi connectivity index (χ1n) is 9.75. The second-order valence-corrected chi connectivity index (χ2v) is 6.73. The van der Waals surface area contributed by atoms with Gasteiger partial charge in [0.15, 0.2) is 5.78 Å². The van der Waals surface area contributed by atoms with E-state index in [-0.39, 0.29) is 31.8 Å². The van der Waals surface area contributed by atoms with E-state index in [1.807, 2.05) is 30.3 Å². The van der Waals surface area contributed by atoms with E-state index in [1.165, 1.54) is 13.1 Å². The number of carbonyl (C=O) groups is 2. The van der Waals surface area contributed by atoms with Crippen LogP contribution in [0.5, 0.6) is 0 Å². The molecule has 0 saturated carbocycles. The minimum absolute atomic E-state index is 0.0400. The fraction of sp³-hybridized carbons (Fsp3) is 0.348. The van der Waals surface area contributed by atoms with Crippen LogP contribution in [0.2, 0.25) is 0 Å². The maximum Gasteiger partial charge on any atom is 0.376 e. The molecular formula is C23H25F2NO4. The lowest BCUT2D eigenvalue weighted by molar-refractivity contribution is -0.173. The lowest BCUT2D eigenvalue weighted by atomic mass is 9.94. The lowest BCUT2D eigenvalue weighted by Gasteiger charge is -2.19. The van der Waals surface area contributed by atoms with E-state index in [0.29, 0.717) is 5.56 Å². The highest BCUT2D eigenvalue weighted by atomic mass is 19.3. The van der Waals surface area contributed by atoms with E-state index in [0.717, 1.165) is 5.56 Å². The van der Waals surface area contributed by atoms with Crippen LogP contribution >= 0.6 is 0 Å². The Morgan fingerprint density at radius 2 is 1.70 bits per heavy atom. The predicted molar refractivity (Wildman–Crippen MR) is 109 cm³/mol. The van der Waals surface area contributed by atoms with Crippen LogP contribution in [-0.4, -0.2) is 30.5 Å². The number of halogens is 2. The van der Waals surface area contributed by atoms with Crippen molar-refractivity contribution in [3.63, 3.8) is 0 Å². The van der Waals surface area contributed by atoms with Crippen LogP contribution in [0.25, 0.3) is 0 Å². The molecule has 160 valence electrons. The summed E-state index contributed by atoms with van der Waals surface area (Å²) in [5.41, 5.74) is 1.38. The average molecular weight is 417 g/mol. The van der Waals surface area contributed by atoms with Gasteiger partial charge in [-0.15, -0.1) is 0 Å². The number of ether oxygens (including phenoxy) is 1. The van der Waals surface area contributed by atoms with Gasteiger partial charge >= 0.3 is 11.9 Å². The van der Waals surface area contributed by atoms with Gasteiger partial charge < -0.3 is 9.57 Å². The Morgan fingerprint density at radius 3 is 2.33 bits per heavy atom. The third-order valence-electron chi connectivity index (χ3n) is 4.35. The lowest BCUT2D eigenvalue weighted by Crippen LogP contribution is -2.33. The number of benzene rings is 2. The quantitative estimate of drug-likeness (QED) is 0.210. The number of hydrogen-bond acceptors (Lipinski definition) is 5. The summed E-state index contributed by atoms with van der Waals surface area (Å²) in [4.78, 5) is 29.1. The van der Waals surface area contributed by atoms with E-state index in [4.69, 9.17) is 4.84 Å². The van der Waals surface area contributed by atoms with E-state index in [2.05, 4.69) is 9.89 Å². The van der Waals surface area contributed by atoms with Crippen molar-refractivity contribution in [1.82, 2.24) is 0 Å². The number of oxime groups is 1. The van der Waals surface area contributed by atoms with Crippen LogP contribution in [-0.2, 0) is 21.0 Å². The van der Waals surface area contributed by atoms with Crippen molar-refractivity contribution in [3.05, 3.63) is 71.8 Å². The van der Waals surface area contributed by atoms with Gasteiger partial charge in [0.05, 0.1) is 6.61 Å². The molecule has 0 aliphatic heterocycles. The molecule has 0 amide bonds. The molecule has 0 bridgehead atoms. The summed E-state index contributed by atoms with van der Waals surface area (Å²) in [5, 5.41) is 3.79. The average Bonchev–Trinajstić information content (AvgIpc) is 2.76. The summed E-state index contributed by atoms with van der Waals surface area (Å²) in [6.45, 7) is 1.50. The minimum atomic E-state index is -3.68. The highest BCUT2D eigenvalue weighted by molar-refractivity contribution is 5.96. The Kier molecular flexibility index (Phi) is 9.12. The molecular weight excluding hydrogens is 392 g/mol. The first-order chi connectivity index (χ1) is 14.4. The van der Waals surface area contributed by atoms with Crippen molar-refractivity contribution < 1.29 is 27.9 Å². The third kappa shape index (κ3) is 7.73. The molecule has 0 aliphatic rings. The van der Waals surface area contributed by atoms with Gasteiger partial charge in [-0.3, -0.25) is 4.79 Å². The smallest absolute Gasteiger partial charge is 0.376 e. The molecule has 1 atom stereocenters. The van der Waals surface area contributed by atoms with Gasteiger partial charge in [-0.25, -0.2) is 4.79 Å². The van der Waals surface area contributed by atoms with Gasteiger partial charge in [-0.05, 0) is 18.9 Å². The van der Waals surface area contributed by atoms with Gasteiger partial charge in [-0.2, -0.15) is 8.78 Å². The monoisotopic (exact) mass is 417 g/mol. The number of hydrogen-bond donors (Lipinski definition) is 0. The second kappa shape index (κ2) is 11.8. The zero-order valence-corrected chi connectivity index (χ0v) is 16.8. The molecule has 0 saturated heterocycles. The largest absolute Gasteiger partial charge is 0.462 e. The van der Waals surface area contributed by atoms with Crippen LogP contribution in [0, 0.1) is 5.92 Å². The highest BCUT2D eigenvalue weighted by Gasteiger charge is 2.42. The fourth-order valence-electron chi connectivity index (χ4n) is 2.78. The Bertz CT molecular complexity index is 826. The zero-order chi connectivity index (χ0) is 21.8. The molecule has 0 aromatic heterocycles. The number of esters is 1. The maximum atomic E-state index is 14.2. The molecule has 0 aliphatic carbocycles. The molecule has 0 spiro atoms. The number of Topliss-reactive ketones (excluding diaryl/α,β-unsaturated/α-hetero) is 1. The first-order valence-corrected chi connectivity index (χ1v) is 9.75. The van der Waals surface area contributed by atoms with Gasteiger partial charge in [-0.1, -0.05) is 65.8 Å². The topological polar surface area (TPSA) is 65.0 Å². The normalized spacial score (nSPS) is 12.5. The molecule has 0 N–H and O–H groups in total. The molecule has 0 heterocycles. The Labute approximate surface area is 174 Å². The summed E-state index contributed by atoms with van der Waals surface area (Å²) in [7, 11) is 0. The SMILES string of the molecule is CCOC(=O)C(F)(F)CC(/C=N/OCc1ccccc1)CCC(=O)c1ccccc1. The molecule has 5 nitrogen and oxygen atoms in total. The standard InChI is InChI=1S/C23H25F2NO4/c1-2-29-22(28)23(24,25)15-19(13-14-21(27)20-11-7-4-8-12-20)16-26-30-17-18-9-5-3-6-10-18/h3-12,16,19H,2,13-15,17H2,1H3/b26-16+. The number of rotatable bonds is 12. The van der Waals surface area contributed by atoms with Crippen molar-refractivity contribution in [3.8, 4) is 0 Å². The van der Waals surface area contributed by atoms with Crippen molar-refractivity contribution >= 4 is 18.0 Å². The molecule has 2 aromatic rings. The molecule has 0 radical (unpaired) electrons. The van der Waals surface area contributed by atoms with Crippen molar-refractivity contribution in [1.29, 1.82) is 0 Å². The Hall–Kier alpha value is -3.09. The highest BCUT2D eigenvalue weighted by Crippen LogP contribution is 2.27. The van der Waals surface area contributed by atoms with E-state index < -0.39 is 24.2 Å². The van der Waals surface area contributed by atoms with Crippen LogP contribution in [0.15, 0.2) is 65.8 Å². The molecule has 2 aromatic carbocycles. The fourth-order valence-corrected chi connectivity index (χ4v) is 2.78. The van der Waals surface area contributed by atoms with Gasteiger partial charge in [0.25, 0.3) is 0 Å². The van der Waals surface area contributed by atoms with E-state index in [1.54, 1.807) is 30.3 Å². The third-order valence-corrected chi connectivity index (χ3v) is 4.35. The second-order valence-electron chi connectivity index (χ2n) is 6.73. The van der Waals surface area contributed by atoms with Gasteiger partial charge in [0, 0.05) is 30.5 Å². The molecule has 30 heavy (non-hydrogen) atoms. The minimum Gasteiger partial charge on any atom is -0.462 e. The molecule has 2 rings (SSSR count). The predicted octanol–water partition coefficient (Wildman–Crippen LogP) is 5.06. The Balaban J connectivity index is 2.00. The van der Waals surface area contributed by atoms with Gasteiger partial charge in [0.2, 0.25) is 0 Å². The van der Waals surface area contributed by atoms with Crippen LogP contribution < -0.4 is 0 Å². The number of nitrogens with zero attached hydrogens (tertiary/aromatic N) is 1. The zero-order valence-electron chi connectivity index (χ0n) is 16.8. The van der Waals surface area contributed by atoms with Crippen LogP contribution in [0.4, 0.5) is 8.78 Å². The summed E-state index contributed by atoms with van der Waals surface area (Å²) in [6, 6.07) is 17.8. The van der Waals surface area contributed by atoms with E-state index >= 15 is 0 Å². The van der Waals surface area contributed by atoms with Crippen molar-refractivity contribution in [2.45, 2.75) is 38.7 Å². The molecule has 1 unspecified atom stereocenters. The molecule has 0 fully saturated rings. The summed E-state index contributed by atoms with van der Waals surface area (Å²) >= 11 is 0. The maximum absolute atomic E-state index is 14.2. The summed E-state index contributed by atoms with van der Waals surface area (Å²) < 4.78 is 32.9. The van der Waals surface area contributed by atoms with Crippen molar-refractivity contribution in [2.24, 2.45) is 11.1 Å². The number of ketones is 1. The summed E-state index contributed by atoms with van der Waals surface area (Å²) in [6.07, 6.45) is 0.555. The first kappa shape index (κ1) is 23.2. The van der Waals surface area contributed by atoms with Crippen molar-refractivity contribution in [2.75, 3.05) is 6.61 Å². The molecule has 7 heteroatoms.